The number of ether oxygens (including phenoxy) is 2. The molecule has 2 aliphatic rings. The number of piperidine rings is 2. The zero-order valence-corrected chi connectivity index (χ0v) is 22.1. The van der Waals surface area contributed by atoms with Gasteiger partial charge >= 0.3 is 5.97 Å². The molecular weight excluding hydrogens is 485 g/mol. The van der Waals surface area contributed by atoms with E-state index in [9.17, 15) is 4.79 Å². The van der Waals surface area contributed by atoms with Crippen molar-refractivity contribution < 1.29 is 14.3 Å². The summed E-state index contributed by atoms with van der Waals surface area (Å²) in [5, 5.41) is 1.08. The molecule has 0 spiro atoms. The Morgan fingerprint density at radius 2 is 1.74 bits per heavy atom. The van der Waals surface area contributed by atoms with Crippen LogP contribution in [0.15, 0.2) is 36.5 Å². The largest absolute Gasteiger partial charge is 0.490 e. The van der Waals surface area contributed by atoms with Gasteiger partial charge in [0.1, 0.15) is 11.9 Å². The Morgan fingerprint density at radius 3 is 2.43 bits per heavy atom. The minimum Gasteiger partial charge on any atom is -0.490 e. The molecule has 2 fully saturated rings. The predicted molar refractivity (Wildman–Crippen MR) is 139 cm³/mol. The summed E-state index contributed by atoms with van der Waals surface area (Å²) in [5.41, 5.74) is 1.38. The summed E-state index contributed by atoms with van der Waals surface area (Å²) in [6.07, 6.45) is 6.12. The fourth-order valence-corrected chi connectivity index (χ4v) is 5.19. The van der Waals surface area contributed by atoms with Gasteiger partial charge in [0.25, 0.3) is 0 Å². The lowest BCUT2D eigenvalue weighted by atomic mass is 9.94. The molecule has 0 N–H and O–H groups in total. The lowest BCUT2D eigenvalue weighted by molar-refractivity contribution is 0.0367. The van der Waals surface area contributed by atoms with Crippen molar-refractivity contribution >= 4 is 29.2 Å². The van der Waals surface area contributed by atoms with Gasteiger partial charge in [-0.05, 0) is 82.3 Å². The van der Waals surface area contributed by atoms with Crippen LogP contribution in [0.3, 0.4) is 0 Å². The van der Waals surface area contributed by atoms with Crippen LogP contribution in [0.25, 0.3) is 0 Å². The van der Waals surface area contributed by atoms with Crippen molar-refractivity contribution in [1.82, 2.24) is 14.8 Å². The first-order valence-electron chi connectivity index (χ1n) is 12.6. The van der Waals surface area contributed by atoms with Crippen LogP contribution in [-0.2, 0) is 11.3 Å². The molecule has 4 rings (SSSR count). The summed E-state index contributed by atoms with van der Waals surface area (Å²) in [6.45, 7) is 9.79. The topological polar surface area (TPSA) is 54.9 Å². The minimum atomic E-state index is -0.336. The van der Waals surface area contributed by atoms with Crippen LogP contribution < -0.4 is 4.74 Å². The number of esters is 1. The smallest absolute Gasteiger partial charge is 0.357 e. The third-order valence-electron chi connectivity index (χ3n) is 6.77. The van der Waals surface area contributed by atoms with Crippen molar-refractivity contribution in [1.29, 1.82) is 0 Å². The number of hydrogen-bond acceptors (Lipinski definition) is 6. The van der Waals surface area contributed by atoms with Crippen LogP contribution in [0.4, 0.5) is 0 Å². The van der Waals surface area contributed by atoms with Crippen LogP contribution in [0.2, 0.25) is 10.0 Å². The Morgan fingerprint density at radius 1 is 1.03 bits per heavy atom. The van der Waals surface area contributed by atoms with Gasteiger partial charge in [0, 0.05) is 38.4 Å². The van der Waals surface area contributed by atoms with Crippen molar-refractivity contribution in [3.05, 3.63) is 57.8 Å². The fourth-order valence-electron chi connectivity index (χ4n) is 4.91. The van der Waals surface area contributed by atoms with Gasteiger partial charge in [-0.2, -0.15) is 0 Å². The van der Waals surface area contributed by atoms with E-state index >= 15 is 0 Å². The van der Waals surface area contributed by atoms with E-state index in [2.05, 4.69) is 14.8 Å². The summed E-state index contributed by atoms with van der Waals surface area (Å²) in [6, 6.07) is 9.35. The minimum absolute atomic E-state index is 0.152. The van der Waals surface area contributed by atoms with Gasteiger partial charge in [0.2, 0.25) is 0 Å². The van der Waals surface area contributed by atoms with Gasteiger partial charge in [-0.1, -0.05) is 29.3 Å². The lowest BCUT2D eigenvalue weighted by Gasteiger charge is -2.37. The molecule has 2 aliphatic heterocycles. The standard InChI is InChI=1S/C27H35Cl2N3O3/c1-19(2)34-27(33)26-21(4-3-11-30-26)18-32-12-7-20(8-13-32)17-31-14-9-22(10-15-31)35-23-5-6-24(28)25(29)16-23/h3-6,11,16,19-20,22H,7-10,12-15,17-18H2,1-2H3. The van der Waals surface area contributed by atoms with Gasteiger partial charge in [0.05, 0.1) is 16.1 Å². The first-order valence-corrected chi connectivity index (χ1v) is 13.3. The summed E-state index contributed by atoms with van der Waals surface area (Å²) in [4.78, 5) is 21.7. The van der Waals surface area contributed by atoms with Crippen molar-refractivity contribution in [2.75, 3.05) is 32.7 Å². The second-order valence-electron chi connectivity index (χ2n) is 9.88. The Bertz CT molecular complexity index is 987. The number of rotatable bonds is 8. The zero-order chi connectivity index (χ0) is 24.8. The third-order valence-corrected chi connectivity index (χ3v) is 7.51. The number of hydrogen-bond donors (Lipinski definition) is 0. The molecule has 0 saturated carbocycles. The average Bonchev–Trinajstić information content (AvgIpc) is 2.84. The first kappa shape index (κ1) is 26.2. The summed E-state index contributed by atoms with van der Waals surface area (Å²) >= 11 is 12.1. The van der Waals surface area contributed by atoms with Crippen LogP contribution in [0.1, 0.15) is 55.6 Å². The van der Waals surface area contributed by atoms with Crippen LogP contribution in [-0.4, -0.2) is 65.7 Å². The fraction of sp³-hybridized carbons (Fsp3) is 0.556. The second kappa shape index (κ2) is 12.4. The van der Waals surface area contributed by atoms with Gasteiger partial charge in [0.15, 0.2) is 5.69 Å². The van der Waals surface area contributed by atoms with E-state index in [1.54, 1.807) is 18.3 Å². The number of benzene rings is 1. The highest BCUT2D eigenvalue weighted by atomic mass is 35.5. The van der Waals surface area contributed by atoms with Crippen LogP contribution in [0, 0.1) is 5.92 Å². The average molecular weight is 521 g/mol. The second-order valence-corrected chi connectivity index (χ2v) is 10.7. The van der Waals surface area contributed by atoms with E-state index in [4.69, 9.17) is 32.7 Å². The Hall–Kier alpha value is -1.86. The molecule has 0 unspecified atom stereocenters. The molecule has 35 heavy (non-hydrogen) atoms. The summed E-state index contributed by atoms with van der Waals surface area (Å²) in [7, 11) is 0. The van der Waals surface area contributed by atoms with Crippen molar-refractivity contribution in [3.63, 3.8) is 0 Å². The number of halogens is 2. The number of likely N-dealkylation sites (tertiary alicyclic amines) is 2. The molecule has 1 aromatic carbocycles. The summed E-state index contributed by atoms with van der Waals surface area (Å²) < 4.78 is 11.5. The predicted octanol–water partition coefficient (Wildman–Crippen LogP) is 5.71. The van der Waals surface area contributed by atoms with Gasteiger partial charge in [-0.25, -0.2) is 9.78 Å². The number of carbonyl (C=O) groups is 1. The maximum absolute atomic E-state index is 12.4. The van der Waals surface area contributed by atoms with Gasteiger partial charge in [-0.15, -0.1) is 0 Å². The van der Waals surface area contributed by atoms with Gasteiger partial charge in [-0.3, -0.25) is 4.90 Å². The lowest BCUT2D eigenvalue weighted by Crippen LogP contribution is -2.43. The number of carbonyl (C=O) groups excluding carboxylic acids is 1. The molecule has 1 aromatic heterocycles. The quantitative estimate of drug-likeness (QED) is 0.416. The molecule has 2 aromatic rings. The molecule has 0 bridgehead atoms. The third kappa shape index (κ3) is 7.56. The Kier molecular flexibility index (Phi) is 9.28. The van der Waals surface area contributed by atoms with Crippen molar-refractivity contribution in [2.45, 2.75) is 58.3 Å². The van der Waals surface area contributed by atoms with E-state index in [1.165, 1.54) is 12.8 Å². The highest BCUT2D eigenvalue weighted by molar-refractivity contribution is 6.42. The van der Waals surface area contributed by atoms with Crippen LogP contribution in [0.5, 0.6) is 5.75 Å². The highest BCUT2D eigenvalue weighted by Gasteiger charge is 2.26. The van der Waals surface area contributed by atoms with Crippen LogP contribution >= 0.6 is 23.2 Å². The van der Waals surface area contributed by atoms with E-state index in [-0.39, 0.29) is 18.2 Å². The molecular formula is C27H35Cl2N3O3. The molecule has 190 valence electrons. The first-order chi connectivity index (χ1) is 16.9. The maximum atomic E-state index is 12.4. The maximum Gasteiger partial charge on any atom is 0.357 e. The SMILES string of the molecule is CC(C)OC(=O)c1ncccc1CN1CCC(CN2CCC(Oc3ccc(Cl)c(Cl)c3)CC2)CC1. The zero-order valence-electron chi connectivity index (χ0n) is 20.6. The van der Waals surface area contributed by atoms with E-state index < -0.39 is 0 Å². The Labute approximate surface area is 218 Å². The Balaban J connectivity index is 1.19. The van der Waals surface area contributed by atoms with E-state index in [0.29, 0.717) is 21.7 Å². The molecule has 2 saturated heterocycles. The van der Waals surface area contributed by atoms with Gasteiger partial charge < -0.3 is 14.4 Å². The van der Waals surface area contributed by atoms with Crippen molar-refractivity contribution in [2.24, 2.45) is 5.92 Å². The monoisotopic (exact) mass is 519 g/mol. The molecule has 0 atom stereocenters. The molecule has 6 nitrogen and oxygen atoms in total. The van der Waals surface area contributed by atoms with E-state index in [0.717, 1.165) is 63.4 Å². The normalized spacial score (nSPS) is 18.7. The highest BCUT2D eigenvalue weighted by Crippen LogP contribution is 2.29. The molecule has 0 radical (unpaired) electrons. The molecule has 3 heterocycles. The number of nitrogens with zero attached hydrogens (tertiary/aromatic N) is 3. The van der Waals surface area contributed by atoms with Crippen molar-refractivity contribution in [3.8, 4) is 5.75 Å². The number of aromatic nitrogens is 1. The summed E-state index contributed by atoms with van der Waals surface area (Å²) in [5.74, 6) is 1.16. The molecule has 0 amide bonds. The molecule has 8 heteroatoms. The number of pyridine rings is 1. The van der Waals surface area contributed by atoms with E-state index in [1.807, 2.05) is 32.0 Å². The molecule has 0 aliphatic carbocycles.